The molecule has 16 nitrogen and oxygen atoms in total. The van der Waals surface area contributed by atoms with Gasteiger partial charge in [-0.15, -0.1) is 5.16 Å². The van der Waals surface area contributed by atoms with Gasteiger partial charge in [0.25, 0.3) is 0 Å². The van der Waals surface area contributed by atoms with E-state index >= 15 is 0 Å². The van der Waals surface area contributed by atoms with Crippen molar-refractivity contribution in [2.45, 2.75) is 147 Å². The van der Waals surface area contributed by atoms with E-state index in [4.69, 9.17) is 41.2 Å². The largest absolute Gasteiger partial charge is 0.444 e. The zero-order chi connectivity index (χ0) is 61.4. The van der Waals surface area contributed by atoms with Gasteiger partial charge in [0.2, 0.25) is 0 Å². The van der Waals surface area contributed by atoms with Gasteiger partial charge in [-0.3, -0.25) is 0 Å². The van der Waals surface area contributed by atoms with Gasteiger partial charge < -0.3 is 49.5 Å². The minimum atomic E-state index is -0.456. The van der Waals surface area contributed by atoms with E-state index in [9.17, 15) is 14.4 Å². The molecule has 5 aliphatic heterocycles. The summed E-state index contributed by atoms with van der Waals surface area (Å²) in [5, 5.41) is 34.3. The summed E-state index contributed by atoms with van der Waals surface area (Å²) < 4.78 is 10.7. The average molecular weight is 1520 g/mol. The van der Waals surface area contributed by atoms with Crippen LogP contribution in [-0.2, 0) is 128 Å². The van der Waals surface area contributed by atoms with E-state index in [-0.39, 0.29) is 109 Å². The number of hydrogen-bond donors (Lipinski definition) is 3. The van der Waals surface area contributed by atoms with Crippen LogP contribution in [0.4, 0.5) is 9.59 Å². The van der Waals surface area contributed by atoms with E-state index in [0.29, 0.717) is 32.4 Å². The molecule has 2 spiro atoms. The molecule has 0 aliphatic carbocycles. The van der Waals surface area contributed by atoms with E-state index in [1.54, 1.807) is 9.80 Å². The summed E-state index contributed by atoms with van der Waals surface area (Å²) in [5.41, 5.74) is 8.27. The smallest absolute Gasteiger partial charge is 0.410 e. The van der Waals surface area contributed by atoms with Crippen LogP contribution in [0.1, 0.15) is 121 Å². The van der Waals surface area contributed by atoms with Crippen LogP contribution in [0.25, 0.3) is 0 Å². The van der Waals surface area contributed by atoms with E-state index in [1.807, 2.05) is 157 Å². The third kappa shape index (κ3) is 33.0. The van der Waals surface area contributed by atoms with Crippen molar-refractivity contribution in [2.75, 3.05) is 39.3 Å². The topological polar surface area (TPSA) is 197 Å². The molecule has 89 heavy (non-hydrogen) atoms. The molecule has 5 aliphatic rings. The van der Waals surface area contributed by atoms with Crippen LogP contribution in [0.3, 0.4) is 0 Å². The molecule has 5 heterocycles. The standard InChI is InChI=1S/C19H26N2O3.C14H18N2O.C11H19NO2.C8H8ClNO.C8H9NO.C8H8O.B.V.W.Y/c1-18(2,3)23-17(22)21-11-9-19(10-12-21)14-16(20-24-19)13-15-7-5-4-6-8-15;1-2-4-12(5-3-1)10-13-11-14(17-16-13)6-8-15-9-7-14;1-9-5-7-12(8-6-9)10(13)14-11(2,3)4;9-8(10-11)6-7-4-2-1-3-5-7;10-9-7-6-8-4-2-1-3-5-8;9-7-6-8-4-2-1-3-5-8;;;;/h4-8H,9-14H2,1-3H3;1-5,15H,6-11H2;1,5-8H2,2-4H3;1-5,11H,6H2;1-5,7,10H,6H2;1-5,7H,6H2;;;;/b;;;10-8-;9-7+;;;;;. The van der Waals surface area contributed by atoms with Crippen LogP contribution in [0.5, 0.6) is 0 Å². The fourth-order valence-electron chi connectivity index (χ4n) is 9.49. The van der Waals surface area contributed by atoms with E-state index in [1.165, 1.54) is 28.6 Å². The first-order valence-electron chi connectivity index (χ1n) is 29.3. The fourth-order valence-corrected chi connectivity index (χ4v) is 9.65. The Morgan fingerprint density at radius 2 is 0.978 bits per heavy atom. The Morgan fingerprint density at radius 1 is 0.618 bits per heavy atom. The maximum atomic E-state index is 12.2. The first kappa shape index (κ1) is 81.6. The molecular formula is C68H88BClN7O9VWY. The number of carbonyl (C=O) groups excluding carboxylic acids is 3. The second-order valence-corrected chi connectivity index (χ2v) is 23.9. The van der Waals surface area contributed by atoms with Crippen molar-refractivity contribution in [1.82, 2.24) is 15.1 Å². The third-order valence-electron chi connectivity index (χ3n) is 14.0. The molecule has 0 atom stereocenters. The van der Waals surface area contributed by atoms with Crippen molar-refractivity contribution in [2.24, 2.45) is 20.6 Å². The van der Waals surface area contributed by atoms with E-state index in [2.05, 4.69) is 68.9 Å². The number of piperidine rings is 3. The van der Waals surface area contributed by atoms with Gasteiger partial charge in [0, 0.05) is 184 Å². The molecule has 473 valence electrons. The van der Waals surface area contributed by atoms with Crippen molar-refractivity contribution in [3.8, 4) is 0 Å². The normalized spacial score (nSPS) is 15.9. The van der Waals surface area contributed by atoms with Crippen LogP contribution in [0, 0.1) is 0 Å². The maximum Gasteiger partial charge on any atom is 0.410 e. The van der Waals surface area contributed by atoms with Crippen LogP contribution in [0.2, 0.25) is 0 Å². The van der Waals surface area contributed by atoms with Gasteiger partial charge in [-0.2, -0.15) is 0 Å². The van der Waals surface area contributed by atoms with Gasteiger partial charge in [-0.1, -0.05) is 191 Å². The van der Waals surface area contributed by atoms with Gasteiger partial charge in [-0.05, 0) is 95.3 Å². The molecule has 0 saturated carbocycles. The molecule has 3 saturated heterocycles. The molecule has 0 unspecified atom stereocenters. The van der Waals surface area contributed by atoms with Crippen molar-refractivity contribution < 1.29 is 116 Å². The molecule has 3 fully saturated rings. The van der Waals surface area contributed by atoms with Gasteiger partial charge in [0.05, 0.1) is 11.4 Å². The number of nitrogens with one attached hydrogen (secondary N) is 1. The van der Waals surface area contributed by atoms with Gasteiger partial charge in [0.15, 0.2) is 0 Å². The second-order valence-electron chi connectivity index (χ2n) is 23.5. The predicted octanol–water partition coefficient (Wildman–Crippen LogP) is 13.5. The zero-order valence-corrected chi connectivity index (χ0v) is 60.5. The van der Waals surface area contributed by atoms with Crippen molar-refractivity contribution in [1.29, 1.82) is 0 Å². The number of benzene rings is 5. The number of oxime groups is 4. The summed E-state index contributed by atoms with van der Waals surface area (Å²) in [6.07, 6.45) is 12.8. The SMILES string of the molecule is C=C1CCN(C(=O)OC(C)(C)C)CC1.CC(C)(C)OC(=O)N1CCC2(CC1)CC(Cc1ccccc1)=NO2.O/N=C(\Cl)Cc1ccccc1.O/N=C/Cc1ccccc1.O=CCc1ccccc1.[B].[V].[W].[Y].c1ccc(CC2=NOC3(CCNCC3)C2)cc1. The molecule has 0 aromatic heterocycles. The Balaban J connectivity index is 0.000000548. The van der Waals surface area contributed by atoms with Gasteiger partial charge in [-0.25, -0.2) is 9.59 Å². The number of ether oxygens (including phenoxy) is 2. The number of rotatable bonds is 10. The number of halogens is 1. The Hall–Kier alpha value is -5.38. The summed E-state index contributed by atoms with van der Waals surface area (Å²) >= 11 is 5.50. The van der Waals surface area contributed by atoms with Crippen LogP contribution >= 0.6 is 11.6 Å². The molecule has 2 amide bonds. The quantitative estimate of drug-likeness (QED) is 0.0302. The molecule has 10 rings (SSSR count). The fraction of sp³-hybridized carbons (Fsp3) is 0.426. The van der Waals surface area contributed by atoms with Crippen LogP contribution in [0.15, 0.2) is 184 Å². The Labute approximate surface area is 586 Å². The molecule has 5 aromatic carbocycles. The zero-order valence-electron chi connectivity index (χ0n) is 52.6. The molecule has 0 bridgehead atoms. The molecule has 3 N–H and O–H groups in total. The number of likely N-dealkylation sites (tertiary alicyclic amines) is 2. The van der Waals surface area contributed by atoms with E-state index < -0.39 is 11.2 Å². The van der Waals surface area contributed by atoms with Crippen molar-refractivity contribution >= 4 is 61.3 Å². The summed E-state index contributed by atoms with van der Waals surface area (Å²) in [7, 11) is 0. The Morgan fingerprint density at radius 3 is 1.35 bits per heavy atom. The van der Waals surface area contributed by atoms with Crippen LogP contribution in [-0.4, -0.2) is 132 Å². The number of carbonyl (C=O) groups is 3. The Bertz CT molecular complexity index is 2900. The van der Waals surface area contributed by atoms with Gasteiger partial charge >= 0.3 is 12.2 Å². The van der Waals surface area contributed by atoms with Gasteiger partial charge in [0.1, 0.15) is 33.9 Å². The minimum absolute atomic E-state index is 0. The Kier molecular flexibility index (Phi) is 39.8. The van der Waals surface area contributed by atoms with Crippen LogP contribution < -0.4 is 5.32 Å². The first-order chi connectivity index (χ1) is 40.8. The average Bonchev–Trinajstić information content (AvgIpc) is 1.95. The summed E-state index contributed by atoms with van der Waals surface area (Å²) in [6, 6.07) is 49.9. The number of nitrogens with zero attached hydrogens (tertiary/aromatic N) is 6. The molecular weight excluding hydrogens is 1430 g/mol. The number of aldehydes is 1. The minimum Gasteiger partial charge on any atom is -0.444 e. The summed E-state index contributed by atoms with van der Waals surface area (Å²) in [5.74, 6) is 0. The molecule has 21 heteroatoms. The second kappa shape index (κ2) is 43.4. The third-order valence-corrected chi connectivity index (χ3v) is 14.2. The predicted molar refractivity (Wildman–Crippen MR) is 345 cm³/mol. The molecule has 5 aromatic rings. The van der Waals surface area contributed by atoms with E-state index in [0.717, 1.165) is 119 Å². The summed E-state index contributed by atoms with van der Waals surface area (Å²) in [6.45, 7) is 20.1. The van der Waals surface area contributed by atoms with Crippen molar-refractivity contribution in [3.05, 3.63) is 192 Å². The maximum absolute atomic E-state index is 12.2. The number of amides is 2. The number of hydrogen-bond acceptors (Lipinski definition) is 14. The monoisotopic (exact) mass is 1520 g/mol. The van der Waals surface area contributed by atoms with Crippen molar-refractivity contribution in [3.63, 3.8) is 0 Å². The first-order valence-corrected chi connectivity index (χ1v) is 29.6. The summed E-state index contributed by atoms with van der Waals surface area (Å²) in [4.78, 5) is 48.8. The molecule has 5 radical (unpaired) electrons.